The second-order valence-electron chi connectivity index (χ2n) is 7.66. The molecule has 3 N–H and O–H groups in total. The number of hydrogen-bond donors (Lipinski definition) is 2. The Bertz CT molecular complexity index is 261. The summed E-state index contributed by atoms with van der Waals surface area (Å²) >= 11 is 0. The molecule has 0 atom stereocenters. The molecule has 2 nitrogen and oxygen atoms in total. The highest BCUT2D eigenvalue weighted by Crippen LogP contribution is 2.43. The van der Waals surface area contributed by atoms with Gasteiger partial charge in [-0.1, -0.05) is 53.9 Å². The highest BCUT2D eigenvalue weighted by atomic mass is 15.0. The molecule has 0 aromatic rings. The van der Waals surface area contributed by atoms with Gasteiger partial charge in [0.25, 0.3) is 0 Å². The Hall–Kier alpha value is -0.0800. The highest BCUT2D eigenvalue weighted by Gasteiger charge is 2.38. The van der Waals surface area contributed by atoms with Crippen LogP contribution in [0.25, 0.3) is 0 Å². The molecular formula is C18H38N2. The molecule has 1 rings (SSSR count). The molecule has 1 aliphatic carbocycles. The van der Waals surface area contributed by atoms with E-state index in [1.807, 2.05) is 0 Å². The Kier molecular flexibility index (Phi) is 7.00. The Labute approximate surface area is 127 Å². The van der Waals surface area contributed by atoms with Gasteiger partial charge in [-0.2, -0.15) is 0 Å². The number of rotatable bonds is 8. The van der Waals surface area contributed by atoms with Crippen molar-refractivity contribution in [1.82, 2.24) is 5.32 Å². The molecular weight excluding hydrogens is 244 g/mol. The zero-order valence-corrected chi connectivity index (χ0v) is 14.6. The fraction of sp³-hybridized carbons (Fsp3) is 1.00. The van der Waals surface area contributed by atoms with Crippen LogP contribution in [-0.2, 0) is 0 Å². The van der Waals surface area contributed by atoms with Crippen molar-refractivity contribution in [3.05, 3.63) is 0 Å². The highest BCUT2D eigenvalue weighted by molar-refractivity contribution is 4.96. The van der Waals surface area contributed by atoms with Crippen LogP contribution in [0, 0.1) is 17.3 Å². The Morgan fingerprint density at radius 2 is 1.70 bits per heavy atom. The zero-order valence-electron chi connectivity index (χ0n) is 14.6. The lowest BCUT2D eigenvalue weighted by Gasteiger charge is -2.45. The van der Waals surface area contributed by atoms with Gasteiger partial charge in [-0.15, -0.1) is 0 Å². The van der Waals surface area contributed by atoms with Gasteiger partial charge in [-0.25, -0.2) is 0 Å². The van der Waals surface area contributed by atoms with Crippen LogP contribution in [0.2, 0.25) is 0 Å². The molecule has 0 saturated heterocycles. The van der Waals surface area contributed by atoms with E-state index < -0.39 is 0 Å². The van der Waals surface area contributed by atoms with Crippen molar-refractivity contribution in [2.24, 2.45) is 23.0 Å². The fourth-order valence-electron chi connectivity index (χ4n) is 3.63. The van der Waals surface area contributed by atoms with E-state index in [0.717, 1.165) is 24.9 Å². The van der Waals surface area contributed by atoms with Crippen molar-refractivity contribution >= 4 is 0 Å². The summed E-state index contributed by atoms with van der Waals surface area (Å²) in [6, 6.07) is 0. The summed E-state index contributed by atoms with van der Waals surface area (Å²) in [4.78, 5) is 0. The van der Waals surface area contributed by atoms with Gasteiger partial charge in [0.1, 0.15) is 0 Å². The van der Waals surface area contributed by atoms with Crippen LogP contribution < -0.4 is 11.1 Å². The third-order valence-electron chi connectivity index (χ3n) is 6.27. The van der Waals surface area contributed by atoms with Crippen LogP contribution in [0.1, 0.15) is 79.6 Å². The van der Waals surface area contributed by atoms with Crippen LogP contribution >= 0.6 is 0 Å². The van der Waals surface area contributed by atoms with Crippen molar-refractivity contribution < 1.29 is 0 Å². The molecule has 0 aromatic carbocycles. The van der Waals surface area contributed by atoms with E-state index in [9.17, 15) is 0 Å². The van der Waals surface area contributed by atoms with Crippen molar-refractivity contribution in [2.45, 2.75) is 85.1 Å². The van der Waals surface area contributed by atoms with Gasteiger partial charge in [0.05, 0.1) is 0 Å². The van der Waals surface area contributed by atoms with Gasteiger partial charge in [0, 0.05) is 12.1 Å². The van der Waals surface area contributed by atoms with Gasteiger partial charge in [0.2, 0.25) is 0 Å². The average Bonchev–Trinajstić information content (AvgIpc) is 2.48. The van der Waals surface area contributed by atoms with Crippen LogP contribution in [-0.4, -0.2) is 18.6 Å². The minimum Gasteiger partial charge on any atom is -0.329 e. The van der Waals surface area contributed by atoms with E-state index in [1.54, 1.807) is 0 Å². The van der Waals surface area contributed by atoms with Gasteiger partial charge >= 0.3 is 0 Å². The number of nitrogens with one attached hydrogen (secondary N) is 1. The Balaban J connectivity index is 2.53. The molecule has 0 heterocycles. The summed E-state index contributed by atoms with van der Waals surface area (Å²) < 4.78 is 0. The zero-order chi connectivity index (χ0) is 15.2. The molecule has 0 radical (unpaired) electrons. The predicted molar refractivity (Wildman–Crippen MR) is 89.9 cm³/mol. The molecule has 1 fully saturated rings. The third kappa shape index (κ3) is 4.46. The topological polar surface area (TPSA) is 38.0 Å². The Morgan fingerprint density at radius 3 is 2.10 bits per heavy atom. The summed E-state index contributed by atoms with van der Waals surface area (Å²) in [5, 5.41) is 3.85. The molecule has 2 heteroatoms. The minimum absolute atomic E-state index is 0.225. The summed E-state index contributed by atoms with van der Waals surface area (Å²) in [7, 11) is 0. The van der Waals surface area contributed by atoms with Crippen molar-refractivity contribution in [2.75, 3.05) is 13.1 Å². The summed E-state index contributed by atoms with van der Waals surface area (Å²) in [6.45, 7) is 13.7. The van der Waals surface area contributed by atoms with Crippen LogP contribution in [0.15, 0.2) is 0 Å². The lowest BCUT2D eigenvalue weighted by Crippen LogP contribution is -2.55. The molecule has 0 amide bonds. The van der Waals surface area contributed by atoms with Crippen molar-refractivity contribution in [1.29, 1.82) is 0 Å². The largest absolute Gasteiger partial charge is 0.329 e. The number of hydrogen-bond acceptors (Lipinski definition) is 2. The van der Waals surface area contributed by atoms with Gasteiger partial charge < -0.3 is 11.1 Å². The maximum atomic E-state index is 6.13. The van der Waals surface area contributed by atoms with Gasteiger partial charge in [-0.3, -0.25) is 0 Å². The molecule has 20 heavy (non-hydrogen) atoms. The lowest BCUT2D eigenvalue weighted by atomic mass is 9.65. The Morgan fingerprint density at radius 1 is 1.15 bits per heavy atom. The van der Waals surface area contributed by atoms with Crippen LogP contribution in [0.3, 0.4) is 0 Å². The van der Waals surface area contributed by atoms with E-state index in [4.69, 9.17) is 5.73 Å². The molecule has 0 aromatic heterocycles. The average molecular weight is 283 g/mol. The van der Waals surface area contributed by atoms with E-state index in [1.165, 1.54) is 44.9 Å². The molecule has 0 spiro atoms. The summed E-state index contributed by atoms with van der Waals surface area (Å²) in [5.41, 5.74) is 6.85. The van der Waals surface area contributed by atoms with Crippen LogP contribution in [0.4, 0.5) is 0 Å². The molecule has 120 valence electrons. The first-order valence-electron chi connectivity index (χ1n) is 8.88. The quantitative estimate of drug-likeness (QED) is 0.695. The van der Waals surface area contributed by atoms with Crippen molar-refractivity contribution in [3.8, 4) is 0 Å². The maximum absolute atomic E-state index is 6.13. The second-order valence-corrected chi connectivity index (χ2v) is 7.66. The van der Waals surface area contributed by atoms with E-state index in [-0.39, 0.29) is 5.54 Å². The van der Waals surface area contributed by atoms with Crippen molar-refractivity contribution in [3.63, 3.8) is 0 Å². The first kappa shape index (κ1) is 18.0. The predicted octanol–water partition coefficient (Wildman–Crippen LogP) is 4.34. The second kappa shape index (κ2) is 7.79. The third-order valence-corrected chi connectivity index (χ3v) is 6.27. The van der Waals surface area contributed by atoms with Gasteiger partial charge in [-0.05, 0) is 49.5 Å². The maximum Gasteiger partial charge on any atom is 0.0304 e. The normalized spacial score (nSPS) is 28.1. The first-order chi connectivity index (χ1) is 9.43. The molecule has 0 unspecified atom stereocenters. The number of nitrogens with two attached hydrogens (primary N) is 1. The lowest BCUT2D eigenvalue weighted by molar-refractivity contribution is 0.0991. The smallest absolute Gasteiger partial charge is 0.0304 e. The molecule has 0 bridgehead atoms. The van der Waals surface area contributed by atoms with E-state index in [2.05, 4.69) is 39.9 Å². The summed E-state index contributed by atoms with van der Waals surface area (Å²) in [6.07, 6.45) is 9.04. The van der Waals surface area contributed by atoms with Crippen LogP contribution in [0.5, 0.6) is 0 Å². The molecule has 1 saturated carbocycles. The molecule has 0 aliphatic heterocycles. The van der Waals surface area contributed by atoms with E-state index >= 15 is 0 Å². The summed E-state index contributed by atoms with van der Waals surface area (Å²) in [5.74, 6) is 1.69. The molecule has 1 aliphatic rings. The van der Waals surface area contributed by atoms with E-state index in [0.29, 0.717) is 5.41 Å². The fourth-order valence-corrected chi connectivity index (χ4v) is 3.63. The SMILES string of the molecule is CCC(CC)CNC1(CN)CCC(C(C)(C)CC)CC1. The standard InChI is InChI=1S/C18H38N2/c1-6-15(7-2)13-20-18(14-19)11-9-16(10-12-18)17(4,5)8-3/h15-16,20H,6-14,19H2,1-5H3. The minimum atomic E-state index is 0.225. The monoisotopic (exact) mass is 282 g/mol. The van der Waals surface area contributed by atoms with Gasteiger partial charge in [0.15, 0.2) is 0 Å². The first-order valence-corrected chi connectivity index (χ1v) is 8.88.